The predicted molar refractivity (Wildman–Crippen MR) is 108 cm³/mol. The SMILES string of the molecule is CCCC(=O)Nc1ccc(OCc2cccc3ccccc23)c(C(C)=O)c1. The van der Waals surface area contributed by atoms with E-state index in [0.29, 0.717) is 30.0 Å². The molecule has 27 heavy (non-hydrogen) atoms. The number of fused-ring (bicyclic) bond motifs is 1. The van der Waals surface area contributed by atoms with Crippen LogP contribution in [0.15, 0.2) is 60.7 Å². The van der Waals surface area contributed by atoms with Crippen molar-refractivity contribution in [3.05, 3.63) is 71.8 Å². The lowest BCUT2D eigenvalue weighted by atomic mass is 10.1. The van der Waals surface area contributed by atoms with Crippen molar-refractivity contribution in [2.24, 2.45) is 0 Å². The van der Waals surface area contributed by atoms with Crippen LogP contribution >= 0.6 is 0 Å². The maximum atomic E-state index is 12.1. The van der Waals surface area contributed by atoms with Crippen molar-refractivity contribution in [3.63, 3.8) is 0 Å². The number of carbonyl (C=O) groups excluding carboxylic acids is 2. The molecule has 3 aromatic carbocycles. The van der Waals surface area contributed by atoms with Gasteiger partial charge in [0.05, 0.1) is 5.56 Å². The lowest BCUT2D eigenvalue weighted by Gasteiger charge is -2.13. The minimum Gasteiger partial charge on any atom is -0.488 e. The van der Waals surface area contributed by atoms with Gasteiger partial charge in [-0.2, -0.15) is 0 Å². The Bertz CT molecular complexity index is 973. The summed E-state index contributed by atoms with van der Waals surface area (Å²) in [5.74, 6) is 0.356. The van der Waals surface area contributed by atoms with E-state index < -0.39 is 0 Å². The van der Waals surface area contributed by atoms with Crippen molar-refractivity contribution in [2.75, 3.05) is 5.32 Å². The molecule has 0 spiro atoms. The lowest BCUT2D eigenvalue weighted by molar-refractivity contribution is -0.116. The van der Waals surface area contributed by atoms with Crippen molar-refractivity contribution in [1.82, 2.24) is 0 Å². The van der Waals surface area contributed by atoms with E-state index >= 15 is 0 Å². The molecule has 0 saturated carbocycles. The molecule has 1 amide bonds. The third-order valence-corrected chi connectivity index (χ3v) is 4.38. The fourth-order valence-electron chi connectivity index (χ4n) is 3.03. The molecular weight excluding hydrogens is 338 g/mol. The maximum absolute atomic E-state index is 12.1. The number of ether oxygens (including phenoxy) is 1. The Hall–Kier alpha value is -3.14. The number of anilines is 1. The second-order valence-electron chi connectivity index (χ2n) is 6.49. The number of nitrogens with one attached hydrogen (secondary N) is 1. The van der Waals surface area contributed by atoms with Gasteiger partial charge in [-0.3, -0.25) is 9.59 Å². The van der Waals surface area contributed by atoms with E-state index in [-0.39, 0.29) is 11.7 Å². The number of Topliss-reactive ketones (excluding diaryl/α,β-unsaturated/α-hetero) is 1. The molecule has 3 aromatic rings. The second-order valence-corrected chi connectivity index (χ2v) is 6.49. The number of benzene rings is 3. The molecule has 4 nitrogen and oxygen atoms in total. The Morgan fingerprint density at radius 3 is 2.56 bits per heavy atom. The van der Waals surface area contributed by atoms with Gasteiger partial charge in [0, 0.05) is 12.1 Å². The van der Waals surface area contributed by atoms with Crippen molar-refractivity contribution in [1.29, 1.82) is 0 Å². The van der Waals surface area contributed by atoms with Crippen molar-refractivity contribution in [2.45, 2.75) is 33.3 Å². The summed E-state index contributed by atoms with van der Waals surface area (Å²) in [4.78, 5) is 23.8. The second kappa shape index (κ2) is 8.49. The summed E-state index contributed by atoms with van der Waals surface area (Å²) in [7, 11) is 0. The standard InChI is InChI=1S/C23H23NO3/c1-3-7-23(26)24-19-12-13-22(21(14-19)16(2)25)27-15-18-10-6-9-17-8-4-5-11-20(17)18/h4-6,8-14H,3,7,15H2,1-2H3,(H,24,26). The largest absolute Gasteiger partial charge is 0.488 e. The van der Waals surface area contributed by atoms with Gasteiger partial charge in [0.25, 0.3) is 0 Å². The van der Waals surface area contributed by atoms with Crippen LogP contribution in [0, 0.1) is 0 Å². The Kier molecular flexibility index (Phi) is 5.87. The third-order valence-electron chi connectivity index (χ3n) is 4.38. The van der Waals surface area contributed by atoms with Crippen LogP contribution in [-0.4, -0.2) is 11.7 Å². The van der Waals surface area contributed by atoms with Crippen LogP contribution in [0.2, 0.25) is 0 Å². The van der Waals surface area contributed by atoms with E-state index in [1.165, 1.54) is 6.92 Å². The number of hydrogen-bond acceptors (Lipinski definition) is 3. The topological polar surface area (TPSA) is 55.4 Å². The van der Waals surface area contributed by atoms with E-state index in [9.17, 15) is 9.59 Å². The van der Waals surface area contributed by atoms with Crippen LogP contribution in [0.25, 0.3) is 10.8 Å². The molecule has 138 valence electrons. The van der Waals surface area contributed by atoms with Crippen molar-refractivity contribution < 1.29 is 14.3 Å². The average molecular weight is 361 g/mol. The first-order valence-corrected chi connectivity index (χ1v) is 9.12. The molecule has 0 unspecified atom stereocenters. The number of amides is 1. The smallest absolute Gasteiger partial charge is 0.224 e. The summed E-state index contributed by atoms with van der Waals surface area (Å²) in [6, 6.07) is 19.4. The fourth-order valence-corrected chi connectivity index (χ4v) is 3.03. The van der Waals surface area contributed by atoms with Gasteiger partial charge in [0.1, 0.15) is 12.4 Å². The first-order chi connectivity index (χ1) is 13.1. The van der Waals surface area contributed by atoms with E-state index in [0.717, 1.165) is 22.8 Å². The maximum Gasteiger partial charge on any atom is 0.224 e. The number of rotatable bonds is 7. The first-order valence-electron chi connectivity index (χ1n) is 9.12. The number of carbonyl (C=O) groups is 2. The van der Waals surface area contributed by atoms with Gasteiger partial charge in [-0.1, -0.05) is 49.4 Å². The highest BCUT2D eigenvalue weighted by Crippen LogP contribution is 2.26. The highest BCUT2D eigenvalue weighted by atomic mass is 16.5. The van der Waals surface area contributed by atoms with Gasteiger partial charge in [-0.15, -0.1) is 0 Å². The Morgan fingerprint density at radius 1 is 1.00 bits per heavy atom. The van der Waals surface area contributed by atoms with Crippen LogP contribution in [0.5, 0.6) is 5.75 Å². The summed E-state index contributed by atoms with van der Waals surface area (Å²) in [5.41, 5.74) is 2.13. The molecule has 0 fully saturated rings. The van der Waals surface area contributed by atoms with Crippen LogP contribution in [-0.2, 0) is 11.4 Å². The Labute approximate surface area is 159 Å². The molecule has 0 heterocycles. The summed E-state index contributed by atoms with van der Waals surface area (Å²) >= 11 is 0. The quantitative estimate of drug-likeness (QED) is 0.576. The van der Waals surface area contributed by atoms with E-state index in [2.05, 4.69) is 23.5 Å². The summed E-state index contributed by atoms with van der Waals surface area (Å²) < 4.78 is 5.97. The molecule has 0 aromatic heterocycles. The molecule has 0 atom stereocenters. The van der Waals surface area contributed by atoms with Gasteiger partial charge >= 0.3 is 0 Å². The molecule has 0 saturated heterocycles. The zero-order valence-electron chi connectivity index (χ0n) is 15.6. The van der Waals surface area contributed by atoms with Gasteiger partial charge in [0.15, 0.2) is 5.78 Å². The zero-order chi connectivity index (χ0) is 19.2. The van der Waals surface area contributed by atoms with E-state index in [1.54, 1.807) is 18.2 Å². The molecule has 1 N–H and O–H groups in total. The summed E-state index contributed by atoms with van der Waals surface area (Å²) in [6.45, 7) is 3.81. The molecule has 0 aliphatic rings. The number of hydrogen-bond donors (Lipinski definition) is 1. The molecule has 0 bridgehead atoms. The Balaban J connectivity index is 1.81. The minimum absolute atomic E-state index is 0.0589. The third kappa shape index (κ3) is 4.53. The van der Waals surface area contributed by atoms with Crippen molar-refractivity contribution >= 4 is 28.2 Å². The fraction of sp³-hybridized carbons (Fsp3) is 0.217. The molecule has 4 heteroatoms. The molecule has 3 rings (SSSR count). The van der Waals surface area contributed by atoms with Gasteiger partial charge in [-0.05, 0) is 47.9 Å². The normalized spacial score (nSPS) is 10.6. The van der Waals surface area contributed by atoms with Gasteiger partial charge in [-0.25, -0.2) is 0 Å². The van der Waals surface area contributed by atoms with Crippen molar-refractivity contribution in [3.8, 4) is 5.75 Å². The van der Waals surface area contributed by atoms with Crippen LogP contribution < -0.4 is 10.1 Å². The lowest BCUT2D eigenvalue weighted by Crippen LogP contribution is -2.11. The van der Waals surface area contributed by atoms with E-state index in [1.807, 2.05) is 31.2 Å². The highest BCUT2D eigenvalue weighted by Gasteiger charge is 2.12. The molecular formula is C23H23NO3. The number of ketones is 1. The monoisotopic (exact) mass is 361 g/mol. The highest BCUT2D eigenvalue weighted by molar-refractivity contribution is 5.99. The van der Waals surface area contributed by atoms with Gasteiger partial charge in [0.2, 0.25) is 5.91 Å². The minimum atomic E-state index is -0.102. The van der Waals surface area contributed by atoms with Gasteiger partial charge < -0.3 is 10.1 Å². The predicted octanol–water partition coefficient (Wildman–Crippen LogP) is 5.36. The zero-order valence-corrected chi connectivity index (χ0v) is 15.6. The molecule has 0 aliphatic heterocycles. The first kappa shape index (κ1) is 18.6. The summed E-state index contributed by atoms with van der Waals surface area (Å²) in [6.07, 6.45) is 1.23. The van der Waals surface area contributed by atoms with Crippen LogP contribution in [0.1, 0.15) is 42.6 Å². The van der Waals surface area contributed by atoms with Crippen LogP contribution in [0.3, 0.4) is 0 Å². The van der Waals surface area contributed by atoms with Crippen LogP contribution in [0.4, 0.5) is 5.69 Å². The average Bonchev–Trinajstić information content (AvgIpc) is 2.67. The van der Waals surface area contributed by atoms with E-state index in [4.69, 9.17) is 4.74 Å². The summed E-state index contributed by atoms with van der Waals surface area (Å²) in [5, 5.41) is 5.10. The Morgan fingerprint density at radius 2 is 1.78 bits per heavy atom. The molecule has 0 radical (unpaired) electrons. The molecule has 0 aliphatic carbocycles.